The molecular formula is C28H28ClIN4O3. The number of nitrogens with one attached hydrogen (secondary N) is 2. The van der Waals surface area contributed by atoms with Gasteiger partial charge in [-0.25, -0.2) is 4.98 Å². The summed E-state index contributed by atoms with van der Waals surface area (Å²) < 4.78 is 6.50. The molecule has 7 nitrogen and oxygen atoms in total. The number of aliphatic hydroxyl groups excluding tert-OH is 1. The summed E-state index contributed by atoms with van der Waals surface area (Å²) in [5, 5.41) is 12.4. The third-order valence-corrected chi connectivity index (χ3v) is 7.09. The Morgan fingerprint density at radius 2 is 1.76 bits per heavy atom. The molecule has 192 valence electrons. The smallest absolute Gasteiger partial charge is 0.242 e. The maximum absolute atomic E-state index is 13.3. The molecule has 1 amide bonds. The summed E-state index contributed by atoms with van der Waals surface area (Å²) >= 11 is 8.82. The molecule has 0 saturated carbocycles. The van der Waals surface area contributed by atoms with Crippen LogP contribution in [0.15, 0.2) is 78.9 Å². The Bertz CT molecular complexity index is 1310. The number of imidazole rings is 1. The van der Waals surface area contributed by atoms with Gasteiger partial charge in [-0.3, -0.25) is 4.79 Å². The minimum atomic E-state index is -0.904. The zero-order chi connectivity index (χ0) is 26.4. The van der Waals surface area contributed by atoms with E-state index >= 15 is 0 Å². The summed E-state index contributed by atoms with van der Waals surface area (Å²) in [5.41, 5.74) is 9.52. The fourth-order valence-electron chi connectivity index (χ4n) is 4.02. The first kappa shape index (κ1) is 27.1. The number of aliphatic hydroxyl groups is 1. The number of carbonyl (C=O) groups excluding carboxylic acids is 1. The van der Waals surface area contributed by atoms with Crippen LogP contribution in [0.1, 0.15) is 41.9 Å². The summed E-state index contributed by atoms with van der Waals surface area (Å²) in [7, 11) is 0. The van der Waals surface area contributed by atoms with Gasteiger partial charge in [-0.2, -0.15) is 0 Å². The predicted octanol–water partition coefficient (Wildman–Crippen LogP) is 5.37. The lowest BCUT2D eigenvalue weighted by molar-refractivity contribution is -0.123. The number of aromatic amines is 1. The molecule has 37 heavy (non-hydrogen) atoms. The summed E-state index contributed by atoms with van der Waals surface area (Å²) in [6, 6.07) is 23.3. The van der Waals surface area contributed by atoms with Crippen molar-refractivity contribution < 1.29 is 14.6 Å². The third kappa shape index (κ3) is 6.70. The normalized spacial score (nSPS) is 13.5. The van der Waals surface area contributed by atoms with Gasteiger partial charge >= 0.3 is 0 Å². The van der Waals surface area contributed by atoms with Gasteiger partial charge in [0.15, 0.2) is 0 Å². The maximum atomic E-state index is 13.3. The number of hydrogen-bond donors (Lipinski definition) is 4. The van der Waals surface area contributed by atoms with E-state index in [9.17, 15) is 4.79 Å². The lowest BCUT2D eigenvalue weighted by Crippen LogP contribution is -2.39. The van der Waals surface area contributed by atoms with Gasteiger partial charge in [0.25, 0.3) is 0 Å². The summed E-state index contributed by atoms with van der Waals surface area (Å²) in [4.78, 5) is 21.3. The van der Waals surface area contributed by atoms with Gasteiger partial charge in [0.2, 0.25) is 5.91 Å². The van der Waals surface area contributed by atoms with E-state index in [4.69, 9.17) is 32.2 Å². The minimum absolute atomic E-state index is 0.0766. The molecular weight excluding hydrogens is 603 g/mol. The molecule has 0 aliphatic rings. The Kier molecular flexibility index (Phi) is 9.20. The van der Waals surface area contributed by atoms with Crippen molar-refractivity contribution in [3.05, 3.63) is 105 Å². The second kappa shape index (κ2) is 12.6. The Labute approximate surface area is 234 Å². The van der Waals surface area contributed by atoms with Crippen molar-refractivity contribution in [2.45, 2.75) is 24.9 Å². The first-order valence-corrected chi connectivity index (χ1v) is 13.3. The highest BCUT2D eigenvalue weighted by Gasteiger charge is 2.29. The lowest BCUT2D eigenvalue weighted by atomic mass is 9.92. The number of aromatic nitrogens is 2. The van der Waals surface area contributed by atoms with Crippen LogP contribution in [0.25, 0.3) is 11.3 Å². The standard InChI is InChI=1S/C28H28ClIN4O3/c1-17(18-5-3-2-4-6-18)24(27-32-25(26(29)34-27)20-7-11-21(30)12-8-20)33-28(36)23(31)19-9-13-22(14-10-19)37-16-15-35/h2-14,17,23-24,35H,15-16,31H2,1H3,(H,32,34)(H,33,36)/t17-,23+,24-/m0/s1. The number of benzene rings is 3. The number of H-pyrrole nitrogens is 1. The summed E-state index contributed by atoms with van der Waals surface area (Å²) in [5.74, 6) is 0.663. The number of halogens is 2. The molecule has 0 unspecified atom stereocenters. The quantitative estimate of drug-likeness (QED) is 0.176. The van der Waals surface area contributed by atoms with Crippen LogP contribution in [0, 0.1) is 3.57 Å². The molecule has 0 bridgehead atoms. The highest BCUT2D eigenvalue weighted by molar-refractivity contribution is 14.1. The Morgan fingerprint density at radius 3 is 2.41 bits per heavy atom. The van der Waals surface area contributed by atoms with Crippen molar-refractivity contribution in [1.29, 1.82) is 0 Å². The van der Waals surface area contributed by atoms with Crippen molar-refractivity contribution >= 4 is 40.1 Å². The molecule has 3 atom stereocenters. The zero-order valence-corrected chi connectivity index (χ0v) is 23.1. The number of amides is 1. The van der Waals surface area contributed by atoms with Crippen LogP contribution in [-0.2, 0) is 4.79 Å². The molecule has 3 aromatic carbocycles. The van der Waals surface area contributed by atoms with E-state index in [1.165, 1.54) is 0 Å². The fourth-order valence-corrected chi connectivity index (χ4v) is 4.63. The summed E-state index contributed by atoms with van der Waals surface area (Å²) in [6.45, 7) is 2.15. The minimum Gasteiger partial charge on any atom is -0.491 e. The number of rotatable bonds is 10. The van der Waals surface area contributed by atoms with Crippen LogP contribution < -0.4 is 15.8 Å². The molecule has 0 saturated heterocycles. The van der Waals surface area contributed by atoms with E-state index in [0.717, 1.165) is 14.7 Å². The van der Waals surface area contributed by atoms with Gasteiger partial charge in [-0.15, -0.1) is 0 Å². The molecule has 1 heterocycles. The number of hydrogen-bond acceptors (Lipinski definition) is 5. The fraction of sp³-hybridized carbons (Fsp3) is 0.214. The predicted molar refractivity (Wildman–Crippen MR) is 153 cm³/mol. The molecule has 0 spiro atoms. The number of nitrogens with zero attached hydrogens (tertiary/aromatic N) is 1. The second-order valence-electron chi connectivity index (χ2n) is 8.60. The average molecular weight is 631 g/mol. The van der Waals surface area contributed by atoms with Crippen LogP contribution in [0.4, 0.5) is 0 Å². The molecule has 4 aromatic rings. The topological polar surface area (TPSA) is 113 Å². The molecule has 0 aliphatic carbocycles. The van der Waals surface area contributed by atoms with Crippen LogP contribution in [-0.4, -0.2) is 34.2 Å². The monoisotopic (exact) mass is 630 g/mol. The van der Waals surface area contributed by atoms with E-state index < -0.39 is 12.1 Å². The summed E-state index contributed by atoms with van der Waals surface area (Å²) in [6.07, 6.45) is 0. The number of carbonyl (C=O) groups is 1. The van der Waals surface area contributed by atoms with E-state index in [1.54, 1.807) is 24.3 Å². The van der Waals surface area contributed by atoms with E-state index in [1.807, 2.05) is 61.5 Å². The number of nitrogens with two attached hydrogens (primary N) is 1. The van der Waals surface area contributed by atoms with Crippen molar-refractivity contribution in [3.8, 4) is 17.0 Å². The first-order chi connectivity index (χ1) is 17.9. The van der Waals surface area contributed by atoms with Crippen LogP contribution >= 0.6 is 34.2 Å². The zero-order valence-electron chi connectivity index (χ0n) is 20.2. The van der Waals surface area contributed by atoms with Crippen LogP contribution in [0.5, 0.6) is 5.75 Å². The molecule has 0 aliphatic heterocycles. The van der Waals surface area contributed by atoms with Gasteiger partial charge in [0.1, 0.15) is 35.1 Å². The molecule has 1 aromatic heterocycles. The van der Waals surface area contributed by atoms with Crippen molar-refractivity contribution in [3.63, 3.8) is 0 Å². The van der Waals surface area contributed by atoms with E-state index in [-0.39, 0.29) is 25.0 Å². The molecule has 5 N–H and O–H groups in total. The Balaban J connectivity index is 1.61. The highest BCUT2D eigenvalue weighted by Crippen LogP contribution is 2.34. The van der Waals surface area contributed by atoms with Crippen molar-refractivity contribution in [1.82, 2.24) is 15.3 Å². The largest absolute Gasteiger partial charge is 0.491 e. The van der Waals surface area contributed by atoms with Crippen molar-refractivity contribution in [2.24, 2.45) is 5.73 Å². The molecule has 0 fully saturated rings. The van der Waals surface area contributed by atoms with E-state index in [0.29, 0.717) is 28.0 Å². The van der Waals surface area contributed by atoms with Crippen molar-refractivity contribution in [2.75, 3.05) is 13.2 Å². The van der Waals surface area contributed by atoms with E-state index in [2.05, 4.69) is 32.9 Å². The van der Waals surface area contributed by atoms with Gasteiger partial charge < -0.3 is 25.9 Å². The second-order valence-corrected chi connectivity index (χ2v) is 10.2. The van der Waals surface area contributed by atoms with Gasteiger partial charge in [0.05, 0.1) is 12.6 Å². The number of ether oxygens (including phenoxy) is 1. The molecule has 0 radical (unpaired) electrons. The maximum Gasteiger partial charge on any atom is 0.242 e. The van der Waals surface area contributed by atoms with Crippen LogP contribution in [0.2, 0.25) is 5.15 Å². The lowest BCUT2D eigenvalue weighted by Gasteiger charge is -2.25. The third-order valence-electron chi connectivity index (χ3n) is 6.10. The van der Waals surface area contributed by atoms with Gasteiger partial charge in [-0.05, 0) is 58.0 Å². The van der Waals surface area contributed by atoms with Crippen LogP contribution in [0.3, 0.4) is 0 Å². The Hall–Kier alpha value is -2.92. The molecule has 4 rings (SSSR count). The average Bonchev–Trinajstić information content (AvgIpc) is 3.31. The van der Waals surface area contributed by atoms with Gasteiger partial charge in [0, 0.05) is 15.1 Å². The van der Waals surface area contributed by atoms with Gasteiger partial charge in [-0.1, -0.05) is 73.1 Å². The molecule has 9 heteroatoms. The highest BCUT2D eigenvalue weighted by atomic mass is 127. The SMILES string of the molecule is C[C@@H](c1ccccc1)[C@H](NC(=O)[C@H](N)c1ccc(OCCO)cc1)c1nc(-c2ccc(I)cc2)c(Cl)[nH]1. The first-order valence-electron chi connectivity index (χ1n) is 11.8. The Morgan fingerprint density at radius 1 is 1.08 bits per heavy atom.